The molecule has 19 nitrogen and oxygen atoms in total. The number of carbonyl (C=O) groups excluding carboxylic acids is 3. The Morgan fingerprint density at radius 3 is 1.47 bits per heavy atom. The Hall–Kier alpha value is -5.38. The molecule has 6 atom stereocenters. The average molecular weight is 1040 g/mol. The Kier molecular flexibility index (Phi) is 27.9. The fourth-order valence-electron chi connectivity index (χ4n) is 10.0. The van der Waals surface area contributed by atoms with E-state index in [9.17, 15) is 29.4 Å². The van der Waals surface area contributed by atoms with Crippen LogP contribution in [0.3, 0.4) is 0 Å². The maximum atomic E-state index is 13.2. The molecule has 6 heterocycles. The number of fused-ring (bicyclic) bond motifs is 2. The van der Waals surface area contributed by atoms with Crippen molar-refractivity contribution in [2.45, 2.75) is 136 Å². The van der Waals surface area contributed by atoms with Crippen molar-refractivity contribution in [3.63, 3.8) is 0 Å². The van der Waals surface area contributed by atoms with Gasteiger partial charge in [0.1, 0.15) is 0 Å². The van der Waals surface area contributed by atoms with Crippen LogP contribution in [0.2, 0.25) is 0 Å². The molecule has 0 bridgehead atoms. The number of nitrogens with two attached hydrogens (primary N) is 1. The first kappa shape index (κ1) is 62.9. The van der Waals surface area contributed by atoms with E-state index in [2.05, 4.69) is 24.8 Å². The van der Waals surface area contributed by atoms with Crippen molar-refractivity contribution < 1.29 is 53.4 Å². The van der Waals surface area contributed by atoms with Gasteiger partial charge in [-0.05, 0) is 108 Å². The van der Waals surface area contributed by atoms with Gasteiger partial charge in [-0.1, -0.05) is 58.7 Å². The number of aliphatic hydroxyl groups excluding tert-OH is 2. The van der Waals surface area contributed by atoms with Crippen molar-refractivity contribution in [1.82, 2.24) is 15.1 Å². The summed E-state index contributed by atoms with van der Waals surface area (Å²) in [7, 11) is 0. The normalized spacial score (nSPS) is 23.9. The Morgan fingerprint density at radius 1 is 0.622 bits per heavy atom. The molecule has 3 amide bonds. The van der Waals surface area contributed by atoms with Crippen molar-refractivity contribution in [2.24, 2.45) is 17.6 Å². The van der Waals surface area contributed by atoms with Crippen LogP contribution in [0.15, 0.2) is 48.5 Å². The first-order valence-electron chi connectivity index (χ1n) is 25.5. The van der Waals surface area contributed by atoms with Crippen LogP contribution in [0, 0.1) is 25.0 Å². The van der Waals surface area contributed by atoms with Crippen LogP contribution in [-0.2, 0) is 38.1 Å². The lowest BCUT2D eigenvalue weighted by atomic mass is 9.96. The summed E-state index contributed by atoms with van der Waals surface area (Å²) in [6, 6.07) is 15.4. The van der Waals surface area contributed by atoms with Gasteiger partial charge in [0.05, 0.1) is 38.4 Å². The third kappa shape index (κ3) is 17.6. The third-order valence-corrected chi connectivity index (χ3v) is 14.3. The molecule has 6 aliphatic rings. The van der Waals surface area contributed by atoms with Gasteiger partial charge in [0.25, 0.3) is 17.7 Å². The van der Waals surface area contributed by atoms with E-state index in [0.29, 0.717) is 77.1 Å². The number of anilines is 2. The predicted molar refractivity (Wildman–Crippen MR) is 286 cm³/mol. The average Bonchev–Trinajstić information content (AvgIpc) is 4.08. The third-order valence-electron chi connectivity index (χ3n) is 14.3. The number of ether oxygens (including phenoxy) is 4. The van der Waals surface area contributed by atoms with Crippen LogP contribution in [0.5, 0.6) is 0 Å². The van der Waals surface area contributed by atoms with Gasteiger partial charge in [-0.15, -0.1) is 0 Å². The maximum absolute atomic E-state index is 13.2. The van der Waals surface area contributed by atoms with Crippen LogP contribution >= 0.6 is 0 Å². The van der Waals surface area contributed by atoms with E-state index in [1.165, 1.54) is 0 Å². The summed E-state index contributed by atoms with van der Waals surface area (Å²) < 4.78 is 22.4. The van der Waals surface area contributed by atoms with Gasteiger partial charge >= 0.3 is 5.97 Å². The van der Waals surface area contributed by atoms with Gasteiger partial charge < -0.3 is 64.9 Å². The number of benzene rings is 2. The van der Waals surface area contributed by atoms with E-state index >= 15 is 0 Å². The SMILES string of the molecule is C.C.C.O=C(O)[C@H](O)[C@H]1OCCCCOC[C@H]2CCCN2C1=O.[C-]#[N+]c1ccccc1N1CCC(CN)CC1.[C-]#[N+]c1ccccc1N1CCC(CNC(=O)[C@H](O)[C@H]2OCCCCOC[C@H]3CCCN3C2=O)CC1. The maximum Gasteiger partial charge on any atom is 0.335 e. The number of hydrogen-bond donors (Lipinski definition) is 5. The molecule has 2 aromatic rings. The number of nitrogens with one attached hydrogen (secondary N) is 1. The Morgan fingerprint density at radius 2 is 1.04 bits per heavy atom. The fourth-order valence-corrected chi connectivity index (χ4v) is 10.0. The van der Waals surface area contributed by atoms with Crippen LogP contribution in [0.1, 0.15) is 99.3 Å². The summed E-state index contributed by atoms with van der Waals surface area (Å²) in [6.07, 6.45) is 4.54. The lowest BCUT2D eigenvalue weighted by Crippen LogP contribution is -2.54. The summed E-state index contributed by atoms with van der Waals surface area (Å²) in [5.41, 5.74) is 9.12. The highest BCUT2D eigenvalue weighted by Gasteiger charge is 2.42. The predicted octanol–water partition coefficient (Wildman–Crippen LogP) is 6.06. The number of piperidine rings is 2. The van der Waals surface area contributed by atoms with Gasteiger partial charge in [0, 0.05) is 83.6 Å². The number of hydrogen-bond acceptors (Lipinski definition) is 13. The zero-order chi connectivity index (χ0) is 50.5. The fraction of sp³-hybridized carbons (Fsp3) is 0.673. The number of aliphatic hydroxyl groups is 2. The molecule has 6 aliphatic heterocycles. The van der Waals surface area contributed by atoms with Gasteiger partial charge in [0.15, 0.2) is 24.4 Å². The van der Waals surface area contributed by atoms with Crippen molar-refractivity contribution in [1.29, 1.82) is 0 Å². The standard InChI is InChI=1S/C26H36N4O5.C13H17N3.C13H21NO6.3CH4/c1-27-21-8-2-3-9-22(21)29-13-10-19(11-14-29)17-28-25(32)23(31)24-26(33)30-12-6-7-20(30)18-34-15-4-5-16-35-24;1-15-12-4-2-3-5-13(12)16-8-6-11(10-14)7-9-16;15-10(13(17)18)11-12(16)14-5-3-4-9(14)8-19-6-1-2-7-20-11;;;/h2-3,8-9,19-20,23-24,31H,4-7,10-18H2,(H,28,32);2-5,11H,6-10,14H2;9-11,15H,1-8H2,(H,17,18);3*1H4/t20-,23-,24-;;9-,10-,11-;;;/m1.1.../s1. The summed E-state index contributed by atoms with van der Waals surface area (Å²) >= 11 is 0. The van der Waals surface area contributed by atoms with E-state index in [4.69, 9.17) is 42.9 Å². The van der Waals surface area contributed by atoms with Crippen molar-refractivity contribution in [3.8, 4) is 0 Å². The highest BCUT2D eigenvalue weighted by Crippen LogP contribution is 2.33. The molecule has 0 saturated carbocycles. The molecule has 6 N–H and O–H groups in total. The molecule has 6 saturated heterocycles. The second kappa shape index (κ2) is 32.8. The highest BCUT2D eigenvalue weighted by molar-refractivity contribution is 5.91. The van der Waals surface area contributed by atoms with Crippen LogP contribution in [-0.4, -0.2) is 177 Å². The van der Waals surface area contributed by atoms with Crippen molar-refractivity contribution in [2.75, 3.05) is 102 Å². The zero-order valence-corrected chi connectivity index (χ0v) is 41.0. The molecular formula is C55H86N8O11. The van der Waals surface area contributed by atoms with Crippen molar-refractivity contribution in [3.05, 3.63) is 71.4 Å². The number of para-hydroxylation sites is 4. The van der Waals surface area contributed by atoms with E-state index in [1.54, 1.807) is 9.80 Å². The van der Waals surface area contributed by atoms with Crippen molar-refractivity contribution >= 4 is 46.4 Å². The summed E-state index contributed by atoms with van der Waals surface area (Å²) in [4.78, 5) is 64.4. The molecule has 74 heavy (non-hydrogen) atoms. The van der Waals surface area contributed by atoms with Crippen LogP contribution in [0.25, 0.3) is 9.69 Å². The highest BCUT2D eigenvalue weighted by atomic mass is 16.5. The molecule has 412 valence electrons. The molecule has 0 radical (unpaired) electrons. The number of nitrogens with zero attached hydrogens (tertiary/aromatic N) is 6. The van der Waals surface area contributed by atoms with Gasteiger partial charge in [0.2, 0.25) is 11.4 Å². The molecule has 6 fully saturated rings. The first-order valence-corrected chi connectivity index (χ1v) is 25.5. The smallest absolute Gasteiger partial charge is 0.335 e. The summed E-state index contributed by atoms with van der Waals surface area (Å²) in [6.45, 7) is 23.3. The largest absolute Gasteiger partial charge is 0.479 e. The van der Waals surface area contributed by atoms with Gasteiger partial charge in [-0.3, -0.25) is 14.4 Å². The number of carbonyl (C=O) groups is 4. The van der Waals surface area contributed by atoms with E-state index < -0.39 is 42.2 Å². The topological polar surface area (TPSA) is 226 Å². The van der Waals surface area contributed by atoms with Gasteiger partial charge in [-0.2, -0.15) is 0 Å². The first-order chi connectivity index (χ1) is 34.5. The second-order valence-corrected chi connectivity index (χ2v) is 19.1. The second-order valence-electron chi connectivity index (χ2n) is 19.1. The lowest BCUT2D eigenvalue weighted by Gasteiger charge is -2.34. The quantitative estimate of drug-likeness (QED) is 0.180. The number of carboxylic acids is 1. The molecule has 0 aliphatic carbocycles. The molecule has 0 aromatic heterocycles. The monoisotopic (exact) mass is 1030 g/mol. The van der Waals surface area contributed by atoms with Gasteiger partial charge in [-0.25, -0.2) is 14.5 Å². The molecule has 2 aromatic carbocycles. The Balaban J connectivity index is 0.000000315. The molecule has 8 rings (SSSR count). The minimum absolute atomic E-state index is 0. The van der Waals surface area contributed by atoms with Crippen LogP contribution in [0.4, 0.5) is 22.7 Å². The summed E-state index contributed by atoms with van der Waals surface area (Å²) in [5.74, 6) is -1.85. The lowest BCUT2D eigenvalue weighted by molar-refractivity contribution is -0.167. The number of amides is 3. The molecular weight excluding hydrogens is 949 g/mol. The Bertz CT molecular complexity index is 2100. The molecule has 0 unspecified atom stereocenters. The number of aliphatic carboxylic acids is 1. The zero-order valence-electron chi connectivity index (χ0n) is 41.0. The molecule has 19 heteroatoms. The van der Waals surface area contributed by atoms with Crippen LogP contribution < -0.4 is 20.9 Å². The minimum Gasteiger partial charge on any atom is -0.479 e. The number of rotatable bonds is 9. The van der Waals surface area contributed by atoms with E-state index in [-0.39, 0.29) is 52.8 Å². The van der Waals surface area contributed by atoms with E-state index in [1.807, 2.05) is 48.5 Å². The summed E-state index contributed by atoms with van der Waals surface area (Å²) in [5, 5.41) is 32.3. The number of carboxylic acid groups (broad SMARTS) is 1. The molecule has 0 spiro atoms. The van der Waals surface area contributed by atoms with E-state index in [0.717, 1.165) is 114 Å². The minimum atomic E-state index is -1.83. The Labute approximate surface area is 440 Å².